The Morgan fingerprint density at radius 1 is 0.500 bits per heavy atom. The first kappa shape index (κ1) is 42.4. The summed E-state index contributed by atoms with van der Waals surface area (Å²) >= 11 is 0. The van der Waals surface area contributed by atoms with Crippen LogP contribution in [0.4, 0.5) is 32.6 Å². The largest absolute Gasteiger partial charge is 0.504 e. The number of piperidine rings is 2. The lowest BCUT2D eigenvalue weighted by Crippen LogP contribution is -2.57. The molecule has 0 bridgehead atoms. The molecule has 4 aromatic heterocycles. The lowest BCUT2D eigenvalue weighted by atomic mass is 9.85. The Hall–Kier alpha value is -7.56. The van der Waals surface area contributed by atoms with E-state index in [1.165, 1.54) is 34.3 Å². The molecule has 4 fully saturated rings. The quantitative estimate of drug-likeness (QED) is 0.143. The van der Waals surface area contributed by atoms with Crippen molar-refractivity contribution in [3.8, 4) is 22.6 Å². The number of aryl methyl sites for hydroxylation is 2. The van der Waals surface area contributed by atoms with Crippen LogP contribution in [0.25, 0.3) is 11.1 Å². The molecule has 0 unspecified atom stereocenters. The molecule has 4 saturated heterocycles. The van der Waals surface area contributed by atoms with Crippen molar-refractivity contribution >= 4 is 46.9 Å². The summed E-state index contributed by atoms with van der Waals surface area (Å²) in [5.41, 5.74) is 2.30. The first-order valence-electron chi connectivity index (χ1n) is 22.1. The van der Waals surface area contributed by atoms with E-state index in [9.17, 15) is 10.2 Å². The molecular formula is C50H48N10O6. The lowest BCUT2D eigenvalue weighted by Gasteiger charge is -2.41. The van der Waals surface area contributed by atoms with Gasteiger partial charge in [0.1, 0.15) is 11.1 Å². The number of benzene rings is 2. The zero-order valence-corrected chi connectivity index (χ0v) is 36.6. The molecule has 6 aromatic rings. The average Bonchev–Trinajstić information content (AvgIpc) is 3.66. The van der Waals surface area contributed by atoms with Gasteiger partial charge in [0.05, 0.1) is 22.8 Å². The van der Waals surface area contributed by atoms with Gasteiger partial charge < -0.3 is 10.2 Å². The molecule has 6 amide bonds. The molecule has 2 N–H and O–H groups in total. The van der Waals surface area contributed by atoms with Crippen molar-refractivity contribution in [3.05, 3.63) is 144 Å². The molecule has 334 valence electrons. The highest BCUT2D eigenvalue weighted by molar-refractivity contribution is 6.35. The lowest BCUT2D eigenvalue weighted by molar-refractivity contribution is -0.124. The maximum absolute atomic E-state index is 15.6. The van der Waals surface area contributed by atoms with Crippen LogP contribution in [0, 0.1) is 13.8 Å². The van der Waals surface area contributed by atoms with E-state index in [1.54, 1.807) is 42.7 Å². The standard InChI is InChI=1S/C50H48N10O6/c1-33-10-6-22-51-37(33)31-55-26-18-49(19-27-55)45(63)57(47(65)59(49)43-41(61)14-8-24-53-43)39-17-16-36(35-12-4-3-5-13-35)30-40(39)58-46(64)50(60(48(58)66)44-42(62)15-9-25-54-44)20-28-56(29-21-50)32-38-34(2)11-7-23-52-38/h3-17,22-25,30,61-62H,18-21,26-29,31-32H2,1-2H3. The summed E-state index contributed by atoms with van der Waals surface area (Å²) in [6, 6.07) is 26.5. The van der Waals surface area contributed by atoms with E-state index in [4.69, 9.17) is 0 Å². The molecular weight excluding hydrogens is 837 g/mol. The second-order valence-corrected chi connectivity index (χ2v) is 17.4. The number of rotatable bonds is 9. The summed E-state index contributed by atoms with van der Waals surface area (Å²) in [7, 11) is 0. The van der Waals surface area contributed by atoms with Crippen LogP contribution in [0.5, 0.6) is 11.5 Å². The molecule has 2 aromatic carbocycles. The molecule has 4 aliphatic rings. The summed E-state index contributed by atoms with van der Waals surface area (Å²) in [6.07, 6.45) is 7.17. The SMILES string of the molecule is Cc1cccnc1CN1CCC2(CC1)C(=O)N(c1ccc(-c3ccccc3)cc1N1C(=O)N(c3ncccc3O)C3(CCN(Cc4ncccc4C)CC3)C1=O)C(=O)N2c1ncccc1O. The van der Waals surface area contributed by atoms with E-state index in [0.717, 1.165) is 37.9 Å². The number of hydrogen-bond donors (Lipinski definition) is 2. The Morgan fingerprint density at radius 3 is 1.39 bits per heavy atom. The molecule has 2 spiro atoms. The van der Waals surface area contributed by atoms with E-state index in [0.29, 0.717) is 44.8 Å². The fourth-order valence-electron chi connectivity index (χ4n) is 10.0. The zero-order valence-electron chi connectivity index (χ0n) is 36.6. The monoisotopic (exact) mass is 884 g/mol. The van der Waals surface area contributed by atoms with Crippen LogP contribution >= 0.6 is 0 Å². The minimum Gasteiger partial charge on any atom is -0.504 e. The number of carbonyl (C=O) groups is 4. The van der Waals surface area contributed by atoms with Crippen LogP contribution in [0.2, 0.25) is 0 Å². The maximum Gasteiger partial charge on any atom is 0.338 e. The van der Waals surface area contributed by atoms with Gasteiger partial charge in [0.15, 0.2) is 23.1 Å². The van der Waals surface area contributed by atoms with Crippen molar-refractivity contribution in [2.45, 2.75) is 63.7 Å². The Morgan fingerprint density at radius 2 is 0.939 bits per heavy atom. The number of pyridine rings is 4. The Kier molecular flexibility index (Phi) is 10.8. The van der Waals surface area contributed by atoms with Crippen LogP contribution in [0.3, 0.4) is 0 Å². The Balaban J connectivity index is 1.08. The van der Waals surface area contributed by atoms with Crippen LogP contribution < -0.4 is 19.6 Å². The third-order valence-electron chi connectivity index (χ3n) is 13.7. The number of imide groups is 2. The molecule has 0 aliphatic carbocycles. The maximum atomic E-state index is 15.6. The zero-order chi connectivity index (χ0) is 45.7. The molecule has 10 rings (SSSR count). The van der Waals surface area contributed by atoms with Gasteiger partial charge in [-0.15, -0.1) is 0 Å². The number of hydrogen-bond acceptors (Lipinski definition) is 12. The minimum absolute atomic E-state index is 0.000484. The molecule has 0 saturated carbocycles. The number of aromatic nitrogens is 4. The van der Waals surface area contributed by atoms with Crippen LogP contribution in [0.15, 0.2) is 122 Å². The number of carbonyl (C=O) groups excluding carboxylic acids is 4. The van der Waals surface area contributed by atoms with Crippen LogP contribution in [0.1, 0.15) is 48.2 Å². The molecule has 8 heterocycles. The topological polar surface area (TPSA) is 180 Å². The highest BCUT2D eigenvalue weighted by Gasteiger charge is 2.63. The number of anilines is 4. The summed E-state index contributed by atoms with van der Waals surface area (Å²) in [4.78, 5) is 88.8. The minimum atomic E-state index is -1.50. The molecule has 0 atom stereocenters. The normalized spacial score (nSPS) is 18.6. The van der Waals surface area contributed by atoms with Crippen molar-refractivity contribution in [1.82, 2.24) is 29.7 Å². The third kappa shape index (κ3) is 7.00. The highest BCUT2D eigenvalue weighted by atomic mass is 16.3. The summed E-state index contributed by atoms with van der Waals surface area (Å²) in [6.45, 7) is 6.73. The summed E-state index contributed by atoms with van der Waals surface area (Å²) in [5.74, 6) is -1.88. The fourth-order valence-corrected chi connectivity index (χ4v) is 10.0. The van der Waals surface area contributed by atoms with E-state index in [-0.39, 0.29) is 60.2 Å². The molecule has 16 heteroatoms. The second-order valence-electron chi connectivity index (χ2n) is 17.4. The van der Waals surface area contributed by atoms with Gasteiger partial charge in [0, 0.05) is 64.1 Å². The molecule has 4 aliphatic heterocycles. The smallest absolute Gasteiger partial charge is 0.338 e. The van der Waals surface area contributed by atoms with Gasteiger partial charge in [-0.3, -0.25) is 39.2 Å². The highest BCUT2D eigenvalue weighted by Crippen LogP contribution is 2.50. The van der Waals surface area contributed by atoms with Crippen molar-refractivity contribution in [1.29, 1.82) is 0 Å². The van der Waals surface area contributed by atoms with Gasteiger partial charge in [-0.25, -0.2) is 29.4 Å². The fraction of sp³-hybridized carbons (Fsp3) is 0.280. The van der Waals surface area contributed by atoms with Crippen molar-refractivity contribution in [3.63, 3.8) is 0 Å². The number of nitrogens with zero attached hydrogens (tertiary/aromatic N) is 10. The van der Waals surface area contributed by atoms with Crippen molar-refractivity contribution < 1.29 is 29.4 Å². The van der Waals surface area contributed by atoms with Crippen LogP contribution in [-0.2, 0) is 22.7 Å². The summed E-state index contributed by atoms with van der Waals surface area (Å²) in [5, 5.41) is 22.5. The Bertz CT molecular complexity index is 2880. The predicted molar refractivity (Wildman–Crippen MR) is 247 cm³/mol. The first-order chi connectivity index (χ1) is 32.0. The van der Waals surface area contributed by atoms with E-state index < -0.39 is 35.0 Å². The van der Waals surface area contributed by atoms with Gasteiger partial charge >= 0.3 is 12.1 Å². The van der Waals surface area contributed by atoms with Crippen molar-refractivity contribution in [2.75, 3.05) is 45.8 Å². The van der Waals surface area contributed by atoms with Gasteiger partial charge in [-0.2, -0.15) is 0 Å². The predicted octanol–water partition coefficient (Wildman–Crippen LogP) is 6.98. The number of amides is 6. The van der Waals surface area contributed by atoms with Crippen molar-refractivity contribution in [2.24, 2.45) is 0 Å². The molecule has 16 nitrogen and oxygen atoms in total. The number of likely N-dealkylation sites (tertiary alicyclic amines) is 2. The van der Waals surface area contributed by atoms with Gasteiger partial charge in [-0.05, 0) is 110 Å². The third-order valence-corrected chi connectivity index (χ3v) is 13.7. The van der Waals surface area contributed by atoms with E-state index >= 15 is 19.2 Å². The average molecular weight is 885 g/mol. The second kappa shape index (κ2) is 16.8. The van der Waals surface area contributed by atoms with E-state index in [1.807, 2.05) is 68.4 Å². The molecule has 0 radical (unpaired) electrons. The first-order valence-corrected chi connectivity index (χ1v) is 22.1. The van der Waals surface area contributed by atoms with Crippen LogP contribution in [-0.4, -0.2) is 101 Å². The molecule has 66 heavy (non-hydrogen) atoms. The number of aromatic hydroxyl groups is 2. The summed E-state index contributed by atoms with van der Waals surface area (Å²) < 4.78 is 0. The number of urea groups is 2. The van der Waals surface area contributed by atoms with E-state index in [2.05, 4.69) is 29.7 Å². The van der Waals surface area contributed by atoms with Gasteiger partial charge in [0.2, 0.25) is 0 Å². The van der Waals surface area contributed by atoms with Gasteiger partial charge in [-0.1, -0.05) is 48.5 Å². The Labute approximate surface area is 381 Å². The van der Waals surface area contributed by atoms with Gasteiger partial charge in [0.25, 0.3) is 11.8 Å².